The molecule has 0 bridgehead atoms. The highest BCUT2D eigenvalue weighted by Gasteiger charge is 2.35. The molecule has 1 aromatic heterocycles. The summed E-state index contributed by atoms with van der Waals surface area (Å²) in [5.74, 6) is 0.712. The molecule has 3 heterocycles. The second-order valence-electron chi connectivity index (χ2n) is 7.72. The molecule has 1 amide bonds. The van der Waals surface area contributed by atoms with E-state index in [0.29, 0.717) is 63.0 Å². The van der Waals surface area contributed by atoms with Crippen LogP contribution in [-0.4, -0.2) is 78.8 Å². The van der Waals surface area contributed by atoms with Crippen LogP contribution in [0.2, 0.25) is 0 Å². The van der Waals surface area contributed by atoms with Crippen LogP contribution in [0.5, 0.6) is 0 Å². The molecule has 156 valence electrons. The number of amides is 1. The minimum absolute atomic E-state index is 0.00815. The van der Waals surface area contributed by atoms with E-state index in [1.54, 1.807) is 4.90 Å². The molecule has 2 N–H and O–H groups in total. The van der Waals surface area contributed by atoms with Gasteiger partial charge in [-0.15, -0.1) is 0 Å². The Kier molecular flexibility index (Phi) is 6.13. The lowest BCUT2D eigenvalue weighted by molar-refractivity contribution is 0.0416. The molecule has 2 atom stereocenters. The predicted molar refractivity (Wildman–Crippen MR) is 107 cm³/mol. The zero-order chi connectivity index (χ0) is 20.2. The molecule has 2 aliphatic rings. The van der Waals surface area contributed by atoms with Gasteiger partial charge in [-0.3, -0.25) is 4.79 Å². The van der Waals surface area contributed by atoms with Crippen molar-refractivity contribution in [3.05, 3.63) is 35.9 Å². The number of rotatable bonds is 5. The average Bonchev–Trinajstić information content (AvgIpc) is 3.24. The molecule has 4 rings (SSSR count). The number of benzene rings is 1. The average molecular weight is 401 g/mol. The van der Waals surface area contributed by atoms with E-state index in [1.807, 2.05) is 35.2 Å². The van der Waals surface area contributed by atoms with Crippen LogP contribution in [0.1, 0.15) is 16.8 Å². The first-order chi connectivity index (χ1) is 14.2. The number of hydrogen-bond donors (Lipinski definition) is 2. The third-order valence-electron chi connectivity index (χ3n) is 5.66. The SMILES string of the molecule is O=C(c1c(N2CCOCC2)noc1-c1ccccc1)N1C[C@H](CO)C[C@H](CO)C1. The van der Waals surface area contributed by atoms with Gasteiger partial charge in [-0.2, -0.15) is 0 Å². The van der Waals surface area contributed by atoms with Gasteiger partial charge in [0.25, 0.3) is 5.91 Å². The second-order valence-corrected chi connectivity index (χ2v) is 7.72. The van der Waals surface area contributed by atoms with Gasteiger partial charge in [-0.05, 0) is 6.42 Å². The van der Waals surface area contributed by atoms with Gasteiger partial charge in [0, 0.05) is 56.8 Å². The van der Waals surface area contributed by atoms with Crippen LogP contribution < -0.4 is 4.90 Å². The van der Waals surface area contributed by atoms with E-state index < -0.39 is 0 Å². The van der Waals surface area contributed by atoms with Gasteiger partial charge >= 0.3 is 0 Å². The maximum atomic E-state index is 13.6. The largest absolute Gasteiger partial charge is 0.396 e. The molecule has 1 aromatic carbocycles. The standard InChI is InChI=1S/C21H27N3O5/c25-13-15-10-16(14-26)12-24(11-15)21(27)18-19(17-4-2-1-3-5-17)29-22-20(18)23-6-8-28-9-7-23/h1-5,15-16,25-26H,6-14H2/t15-,16+. The molecule has 8 heteroatoms. The minimum atomic E-state index is -0.178. The van der Waals surface area contributed by atoms with Gasteiger partial charge in [0.15, 0.2) is 11.6 Å². The summed E-state index contributed by atoms with van der Waals surface area (Å²) in [5.41, 5.74) is 1.23. The van der Waals surface area contributed by atoms with Gasteiger partial charge in [0.05, 0.1) is 13.2 Å². The number of nitrogens with zero attached hydrogens (tertiary/aromatic N) is 3. The van der Waals surface area contributed by atoms with Gasteiger partial charge in [0.1, 0.15) is 5.56 Å². The Balaban J connectivity index is 1.71. The number of carbonyl (C=O) groups excluding carboxylic acids is 1. The van der Waals surface area contributed by atoms with E-state index >= 15 is 0 Å². The molecule has 0 aliphatic carbocycles. The molecule has 0 spiro atoms. The number of ether oxygens (including phenoxy) is 1. The van der Waals surface area contributed by atoms with Crippen molar-refractivity contribution >= 4 is 11.7 Å². The summed E-state index contributed by atoms with van der Waals surface area (Å²) < 4.78 is 11.1. The zero-order valence-electron chi connectivity index (χ0n) is 16.4. The normalized spacial score (nSPS) is 22.7. The molecule has 2 fully saturated rings. The Morgan fingerprint density at radius 2 is 1.72 bits per heavy atom. The summed E-state index contributed by atoms with van der Waals surface area (Å²) in [4.78, 5) is 17.4. The lowest BCUT2D eigenvalue weighted by Gasteiger charge is -2.37. The Bertz CT molecular complexity index is 807. The first kappa shape index (κ1) is 19.9. The quantitative estimate of drug-likeness (QED) is 0.778. The van der Waals surface area contributed by atoms with Crippen molar-refractivity contribution in [1.82, 2.24) is 10.1 Å². The third kappa shape index (κ3) is 4.14. The molecular formula is C21H27N3O5. The van der Waals surface area contributed by atoms with Gasteiger partial charge in [-0.25, -0.2) is 0 Å². The number of likely N-dealkylation sites (tertiary alicyclic amines) is 1. The highest BCUT2D eigenvalue weighted by molar-refractivity contribution is 6.04. The monoisotopic (exact) mass is 401 g/mol. The molecule has 0 saturated carbocycles. The van der Waals surface area contributed by atoms with Crippen molar-refractivity contribution in [1.29, 1.82) is 0 Å². The second kappa shape index (κ2) is 8.94. The summed E-state index contributed by atoms with van der Waals surface area (Å²) in [6.45, 7) is 3.31. The van der Waals surface area contributed by atoms with Crippen molar-refractivity contribution in [3.63, 3.8) is 0 Å². The van der Waals surface area contributed by atoms with Crippen LogP contribution in [0.4, 0.5) is 5.82 Å². The van der Waals surface area contributed by atoms with Crippen LogP contribution >= 0.6 is 0 Å². The molecule has 8 nitrogen and oxygen atoms in total. The minimum Gasteiger partial charge on any atom is -0.396 e. The highest BCUT2D eigenvalue weighted by atomic mass is 16.5. The highest BCUT2D eigenvalue weighted by Crippen LogP contribution is 2.34. The molecule has 2 aliphatic heterocycles. The van der Waals surface area contributed by atoms with Crippen molar-refractivity contribution in [3.8, 4) is 11.3 Å². The zero-order valence-corrected chi connectivity index (χ0v) is 16.4. The van der Waals surface area contributed by atoms with Crippen molar-refractivity contribution in [2.75, 3.05) is 57.5 Å². The molecule has 2 aromatic rings. The summed E-state index contributed by atoms with van der Waals surface area (Å²) >= 11 is 0. The van der Waals surface area contributed by atoms with Crippen molar-refractivity contribution in [2.45, 2.75) is 6.42 Å². The lowest BCUT2D eigenvalue weighted by atomic mass is 9.89. The number of morpholine rings is 1. The van der Waals surface area contributed by atoms with Crippen LogP contribution in [0.3, 0.4) is 0 Å². The van der Waals surface area contributed by atoms with Crippen molar-refractivity contribution < 1.29 is 24.3 Å². The number of hydrogen-bond acceptors (Lipinski definition) is 7. The Labute approximate surface area is 169 Å². The number of aliphatic hydroxyl groups is 2. The fourth-order valence-electron chi connectivity index (χ4n) is 4.16. The smallest absolute Gasteiger partial charge is 0.261 e. The summed E-state index contributed by atoms with van der Waals surface area (Å²) in [6.07, 6.45) is 0.711. The first-order valence-corrected chi connectivity index (χ1v) is 10.1. The predicted octanol–water partition coefficient (Wildman–Crippen LogP) is 1.24. The van der Waals surface area contributed by atoms with E-state index in [4.69, 9.17) is 9.26 Å². The fraction of sp³-hybridized carbons (Fsp3) is 0.524. The van der Waals surface area contributed by atoms with Crippen LogP contribution in [-0.2, 0) is 4.74 Å². The summed E-state index contributed by atoms with van der Waals surface area (Å²) in [6, 6.07) is 9.48. The number of anilines is 1. The number of aromatic nitrogens is 1. The Hall–Kier alpha value is -2.42. The summed E-state index contributed by atoms with van der Waals surface area (Å²) in [7, 11) is 0. The Morgan fingerprint density at radius 1 is 1.07 bits per heavy atom. The van der Waals surface area contributed by atoms with E-state index in [2.05, 4.69) is 5.16 Å². The van der Waals surface area contributed by atoms with E-state index in [0.717, 1.165) is 5.56 Å². The number of piperidine rings is 1. The van der Waals surface area contributed by atoms with E-state index in [9.17, 15) is 15.0 Å². The fourth-order valence-corrected chi connectivity index (χ4v) is 4.16. The maximum Gasteiger partial charge on any atom is 0.261 e. The van der Waals surface area contributed by atoms with Gasteiger partial charge in [-0.1, -0.05) is 35.5 Å². The number of carbonyl (C=O) groups is 1. The van der Waals surface area contributed by atoms with Crippen LogP contribution in [0, 0.1) is 11.8 Å². The van der Waals surface area contributed by atoms with E-state index in [-0.39, 0.29) is 31.0 Å². The molecular weight excluding hydrogens is 374 g/mol. The Morgan fingerprint density at radius 3 is 2.34 bits per heavy atom. The third-order valence-corrected chi connectivity index (χ3v) is 5.66. The molecule has 0 unspecified atom stereocenters. The lowest BCUT2D eigenvalue weighted by Crippen LogP contribution is -2.46. The topological polar surface area (TPSA) is 99.3 Å². The summed E-state index contributed by atoms with van der Waals surface area (Å²) in [5, 5.41) is 23.6. The molecule has 29 heavy (non-hydrogen) atoms. The van der Waals surface area contributed by atoms with Gasteiger partial charge in [0.2, 0.25) is 0 Å². The number of aliphatic hydroxyl groups excluding tert-OH is 2. The molecule has 2 saturated heterocycles. The van der Waals surface area contributed by atoms with Crippen LogP contribution in [0.15, 0.2) is 34.9 Å². The van der Waals surface area contributed by atoms with Crippen molar-refractivity contribution in [2.24, 2.45) is 11.8 Å². The van der Waals surface area contributed by atoms with Crippen LogP contribution in [0.25, 0.3) is 11.3 Å². The first-order valence-electron chi connectivity index (χ1n) is 10.1. The van der Waals surface area contributed by atoms with Gasteiger partial charge < -0.3 is 29.3 Å². The maximum absolute atomic E-state index is 13.6. The van der Waals surface area contributed by atoms with E-state index in [1.165, 1.54) is 0 Å². The molecule has 0 radical (unpaired) electrons.